The first-order valence-corrected chi connectivity index (χ1v) is 5.81. The van der Waals surface area contributed by atoms with Crippen LogP contribution in [-0.2, 0) is 0 Å². The van der Waals surface area contributed by atoms with Crippen molar-refractivity contribution in [3.63, 3.8) is 0 Å². The van der Waals surface area contributed by atoms with Gasteiger partial charge in [0, 0.05) is 19.4 Å². The average molecular weight is 268 g/mol. The summed E-state index contributed by atoms with van der Waals surface area (Å²) >= 11 is 0. The zero-order valence-electron chi connectivity index (χ0n) is 11.1. The van der Waals surface area contributed by atoms with Crippen LogP contribution < -0.4 is 9.64 Å². The van der Waals surface area contributed by atoms with Gasteiger partial charge < -0.3 is 4.74 Å². The van der Waals surface area contributed by atoms with E-state index in [4.69, 9.17) is 10.00 Å². The highest BCUT2D eigenvalue weighted by Crippen LogP contribution is 2.21. The normalized spacial score (nSPS) is 9.65. The Morgan fingerprint density at radius 1 is 1.30 bits per heavy atom. The van der Waals surface area contributed by atoms with Crippen LogP contribution in [0.5, 0.6) is 5.88 Å². The van der Waals surface area contributed by atoms with E-state index in [-0.39, 0.29) is 11.8 Å². The van der Waals surface area contributed by atoms with Crippen LogP contribution in [0.15, 0.2) is 36.7 Å². The van der Waals surface area contributed by atoms with Gasteiger partial charge in [-0.2, -0.15) is 5.26 Å². The molecule has 0 saturated carbocycles. The Labute approximate surface area is 116 Å². The maximum atomic E-state index is 12.4. The summed E-state index contributed by atoms with van der Waals surface area (Å²) in [4.78, 5) is 21.8. The summed E-state index contributed by atoms with van der Waals surface area (Å²) in [6.45, 7) is 0. The number of nitrogens with zero attached hydrogens (tertiary/aromatic N) is 4. The molecule has 0 radical (unpaired) electrons. The smallest absolute Gasteiger partial charge is 0.264 e. The summed E-state index contributed by atoms with van der Waals surface area (Å²) in [7, 11) is 3.00. The molecular formula is C14H12N4O2. The molecule has 0 N–H and O–H groups in total. The van der Waals surface area contributed by atoms with Crippen molar-refractivity contribution in [2.24, 2.45) is 0 Å². The quantitative estimate of drug-likeness (QED) is 0.845. The molecule has 0 saturated heterocycles. The van der Waals surface area contributed by atoms with Gasteiger partial charge in [0.15, 0.2) is 5.82 Å². The molecule has 0 aliphatic carbocycles. The third-order valence-corrected chi connectivity index (χ3v) is 2.72. The number of rotatable bonds is 3. The van der Waals surface area contributed by atoms with Gasteiger partial charge in [-0.3, -0.25) is 9.69 Å². The van der Waals surface area contributed by atoms with Gasteiger partial charge in [-0.1, -0.05) is 0 Å². The van der Waals surface area contributed by atoms with Crippen molar-refractivity contribution in [2.75, 3.05) is 19.1 Å². The van der Waals surface area contributed by atoms with Crippen molar-refractivity contribution in [3.05, 3.63) is 47.8 Å². The van der Waals surface area contributed by atoms with Gasteiger partial charge in [0.2, 0.25) is 5.88 Å². The molecule has 20 heavy (non-hydrogen) atoms. The topological polar surface area (TPSA) is 79.1 Å². The van der Waals surface area contributed by atoms with Gasteiger partial charge in [-0.25, -0.2) is 9.97 Å². The Hall–Kier alpha value is -2.94. The molecule has 0 aliphatic rings. The highest BCUT2D eigenvalue weighted by atomic mass is 16.5. The molecule has 1 amide bonds. The summed E-state index contributed by atoms with van der Waals surface area (Å²) in [6.07, 6.45) is 3.07. The number of amides is 1. The number of carbonyl (C=O) groups excluding carboxylic acids is 1. The Balaban J connectivity index is 2.41. The Morgan fingerprint density at radius 3 is 2.70 bits per heavy atom. The number of methoxy groups -OCH3 is 1. The van der Waals surface area contributed by atoms with Crippen molar-refractivity contribution in [1.29, 1.82) is 5.26 Å². The van der Waals surface area contributed by atoms with Gasteiger partial charge in [0.05, 0.1) is 12.7 Å². The fraction of sp³-hybridized carbons (Fsp3) is 0.143. The third kappa shape index (κ3) is 2.42. The summed E-state index contributed by atoms with van der Waals surface area (Å²) < 4.78 is 5.07. The average Bonchev–Trinajstić information content (AvgIpc) is 2.53. The molecular weight excluding hydrogens is 256 g/mol. The number of hydrogen-bond donors (Lipinski definition) is 0. The van der Waals surface area contributed by atoms with E-state index >= 15 is 0 Å². The van der Waals surface area contributed by atoms with E-state index in [1.807, 2.05) is 6.07 Å². The summed E-state index contributed by atoms with van der Waals surface area (Å²) in [5.41, 5.74) is 0.637. The monoisotopic (exact) mass is 268 g/mol. The van der Waals surface area contributed by atoms with Crippen LogP contribution in [0.25, 0.3) is 0 Å². The first-order chi connectivity index (χ1) is 9.69. The second kappa shape index (κ2) is 5.80. The number of pyridine rings is 2. The highest BCUT2D eigenvalue weighted by Gasteiger charge is 2.21. The lowest BCUT2D eigenvalue weighted by Gasteiger charge is -2.18. The molecule has 0 unspecified atom stereocenters. The lowest BCUT2D eigenvalue weighted by Crippen LogP contribution is -2.28. The molecule has 2 aromatic rings. The van der Waals surface area contributed by atoms with Crippen LogP contribution in [0.4, 0.5) is 5.82 Å². The number of carbonyl (C=O) groups is 1. The molecule has 0 fully saturated rings. The van der Waals surface area contributed by atoms with Crippen molar-refractivity contribution in [2.45, 2.75) is 0 Å². The van der Waals surface area contributed by atoms with Crippen LogP contribution in [-0.4, -0.2) is 30.0 Å². The minimum Gasteiger partial charge on any atom is -0.480 e. The molecule has 0 spiro atoms. The second-order valence-electron chi connectivity index (χ2n) is 3.91. The standard InChI is InChI=1S/C14H12N4O2/c1-18(12-10(9-15)5-3-7-16-12)14(19)11-6-4-8-17-13(11)20-2/h3-8H,1-2H3. The van der Waals surface area contributed by atoms with Crippen LogP contribution in [0, 0.1) is 11.3 Å². The maximum Gasteiger partial charge on any atom is 0.264 e. The van der Waals surface area contributed by atoms with Crippen LogP contribution in [0.3, 0.4) is 0 Å². The van der Waals surface area contributed by atoms with E-state index < -0.39 is 0 Å². The van der Waals surface area contributed by atoms with E-state index in [1.54, 1.807) is 31.3 Å². The van der Waals surface area contributed by atoms with E-state index in [2.05, 4.69) is 9.97 Å². The molecule has 0 bridgehead atoms. The lowest BCUT2D eigenvalue weighted by atomic mass is 10.2. The number of nitriles is 1. The van der Waals surface area contributed by atoms with Crippen molar-refractivity contribution in [1.82, 2.24) is 9.97 Å². The predicted molar refractivity (Wildman–Crippen MR) is 72.5 cm³/mol. The van der Waals surface area contributed by atoms with Crippen LogP contribution in [0.2, 0.25) is 0 Å². The van der Waals surface area contributed by atoms with E-state index in [1.165, 1.54) is 24.4 Å². The SMILES string of the molecule is COc1ncccc1C(=O)N(C)c1ncccc1C#N. The van der Waals surface area contributed by atoms with Crippen molar-refractivity contribution >= 4 is 11.7 Å². The molecule has 0 aromatic carbocycles. The fourth-order valence-corrected chi connectivity index (χ4v) is 1.74. The van der Waals surface area contributed by atoms with Crippen LogP contribution in [0.1, 0.15) is 15.9 Å². The molecule has 100 valence electrons. The minimum absolute atomic E-state index is 0.235. The largest absolute Gasteiger partial charge is 0.480 e. The summed E-state index contributed by atoms with van der Waals surface area (Å²) in [5.74, 6) is 0.190. The zero-order valence-corrected chi connectivity index (χ0v) is 11.1. The number of hydrogen-bond acceptors (Lipinski definition) is 5. The van der Waals surface area contributed by atoms with Crippen molar-refractivity contribution in [3.8, 4) is 11.9 Å². The lowest BCUT2D eigenvalue weighted by molar-refractivity contribution is 0.0988. The number of anilines is 1. The van der Waals surface area contributed by atoms with Gasteiger partial charge in [0.25, 0.3) is 5.91 Å². The van der Waals surface area contributed by atoms with Crippen molar-refractivity contribution < 1.29 is 9.53 Å². The second-order valence-corrected chi connectivity index (χ2v) is 3.91. The predicted octanol–water partition coefficient (Wildman–Crippen LogP) is 1.63. The molecule has 0 aliphatic heterocycles. The van der Waals surface area contributed by atoms with Gasteiger partial charge in [-0.05, 0) is 24.3 Å². The molecule has 6 nitrogen and oxygen atoms in total. The molecule has 6 heteroatoms. The van der Waals surface area contributed by atoms with Crippen LogP contribution >= 0.6 is 0 Å². The molecule has 2 heterocycles. The van der Waals surface area contributed by atoms with E-state index in [0.29, 0.717) is 16.9 Å². The Morgan fingerprint density at radius 2 is 2.00 bits per heavy atom. The minimum atomic E-state index is -0.342. The first-order valence-electron chi connectivity index (χ1n) is 5.81. The van der Waals surface area contributed by atoms with Gasteiger partial charge in [0.1, 0.15) is 11.6 Å². The zero-order chi connectivity index (χ0) is 14.5. The number of aromatic nitrogens is 2. The van der Waals surface area contributed by atoms with E-state index in [0.717, 1.165) is 0 Å². The molecule has 2 aromatic heterocycles. The Bertz CT molecular complexity index is 679. The number of ether oxygens (including phenoxy) is 1. The molecule has 0 atom stereocenters. The summed E-state index contributed by atoms with van der Waals surface area (Å²) in [5, 5.41) is 9.06. The Kier molecular flexibility index (Phi) is 3.91. The molecule has 2 rings (SSSR count). The fourth-order valence-electron chi connectivity index (χ4n) is 1.74. The highest BCUT2D eigenvalue weighted by molar-refractivity contribution is 6.07. The third-order valence-electron chi connectivity index (χ3n) is 2.72. The summed E-state index contributed by atoms with van der Waals surface area (Å²) in [6, 6.07) is 8.51. The first kappa shape index (κ1) is 13.5. The van der Waals surface area contributed by atoms with E-state index in [9.17, 15) is 4.79 Å². The van der Waals surface area contributed by atoms with Gasteiger partial charge in [-0.15, -0.1) is 0 Å². The maximum absolute atomic E-state index is 12.4. The van der Waals surface area contributed by atoms with Gasteiger partial charge >= 0.3 is 0 Å².